The van der Waals surface area contributed by atoms with Crippen LogP contribution in [-0.4, -0.2) is 49.1 Å². The van der Waals surface area contributed by atoms with Crippen LogP contribution in [0.5, 0.6) is 0 Å². The van der Waals surface area contributed by atoms with Crippen molar-refractivity contribution in [3.05, 3.63) is 4.88 Å². The Morgan fingerprint density at radius 1 is 1.53 bits per heavy atom. The number of thiazole rings is 1. The molecule has 0 aromatic carbocycles. The highest BCUT2D eigenvalue weighted by molar-refractivity contribution is 7.18. The van der Waals surface area contributed by atoms with E-state index in [4.69, 9.17) is 10.5 Å². The van der Waals surface area contributed by atoms with E-state index in [9.17, 15) is 4.79 Å². The van der Waals surface area contributed by atoms with Gasteiger partial charge in [0.1, 0.15) is 10.7 Å². The smallest absolute Gasteiger partial charge is 0.267 e. The van der Waals surface area contributed by atoms with Gasteiger partial charge in [-0.05, 0) is 6.42 Å². The highest BCUT2D eigenvalue weighted by atomic mass is 32.1. The van der Waals surface area contributed by atoms with Crippen LogP contribution < -0.4 is 11.1 Å². The van der Waals surface area contributed by atoms with Gasteiger partial charge in [-0.25, -0.2) is 4.98 Å². The van der Waals surface area contributed by atoms with E-state index in [-0.39, 0.29) is 5.91 Å². The largest absolute Gasteiger partial charge is 0.382 e. The van der Waals surface area contributed by atoms with Crippen LogP contribution in [-0.2, 0) is 4.74 Å². The van der Waals surface area contributed by atoms with Crippen LogP contribution >= 0.6 is 11.3 Å². The third-order valence-corrected chi connectivity index (χ3v) is 3.65. The lowest BCUT2D eigenvalue weighted by molar-refractivity contribution is 0.0747. The van der Waals surface area contributed by atoms with E-state index < -0.39 is 0 Å². The fourth-order valence-corrected chi connectivity index (χ4v) is 2.49. The summed E-state index contributed by atoms with van der Waals surface area (Å²) in [6.45, 7) is 2.63. The first kappa shape index (κ1) is 12.1. The third kappa shape index (κ3) is 2.67. The molecule has 7 heteroatoms. The number of rotatable bonds is 2. The fraction of sp³-hybridized carbons (Fsp3) is 0.600. The number of nitrogens with one attached hydrogen (secondary N) is 1. The molecule has 0 bridgehead atoms. The molecule has 1 aliphatic heterocycles. The van der Waals surface area contributed by atoms with Crippen LogP contribution in [0.3, 0.4) is 0 Å². The van der Waals surface area contributed by atoms with E-state index in [2.05, 4.69) is 10.3 Å². The van der Waals surface area contributed by atoms with Crippen molar-refractivity contribution in [3.8, 4) is 0 Å². The highest BCUT2D eigenvalue weighted by Gasteiger charge is 2.22. The molecule has 17 heavy (non-hydrogen) atoms. The van der Waals surface area contributed by atoms with Crippen LogP contribution in [0.1, 0.15) is 16.1 Å². The minimum Gasteiger partial charge on any atom is -0.382 e. The van der Waals surface area contributed by atoms with Crippen molar-refractivity contribution in [2.45, 2.75) is 6.42 Å². The molecular weight excluding hydrogens is 240 g/mol. The molecule has 94 valence electrons. The SMILES string of the molecule is CNc1nc(N)c(C(=O)N2CCCOCC2)s1. The van der Waals surface area contributed by atoms with Gasteiger partial charge in [-0.15, -0.1) is 0 Å². The van der Waals surface area contributed by atoms with Crippen molar-refractivity contribution in [2.75, 3.05) is 44.4 Å². The first-order chi connectivity index (χ1) is 8.22. The highest BCUT2D eigenvalue weighted by Crippen LogP contribution is 2.26. The Labute approximate surface area is 104 Å². The number of nitrogen functional groups attached to an aromatic ring is 1. The number of aromatic nitrogens is 1. The third-order valence-electron chi connectivity index (χ3n) is 2.57. The topological polar surface area (TPSA) is 80.5 Å². The Bertz CT molecular complexity index is 399. The van der Waals surface area contributed by atoms with Gasteiger partial charge in [0.25, 0.3) is 5.91 Å². The summed E-state index contributed by atoms with van der Waals surface area (Å²) in [6, 6.07) is 0. The molecule has 0 spiro atoms. The van der Waals surface area contributed by atoms with Crippen LogP contribution in [0.4, 0.5) is 10.9 Å². The minimum absolute atomic E-state index is 0.0491. The molecule has 0 saturated carbocycles. The number of carbonyl (C=O) groups excluding carboxylic acids is 1. The first-order valence-electron chi connectivity index (χ1n) is 5.53. The van der Waals surface area contributed by atoms with Gasteiger partial charge in [0, 0.05) is 26.7 Å². The van der Waals surface area contributed by atoms with Gasteiger partial charge < -0.3 is 20.7 Å². The molecule has 1 aromatic heterocycles. The molecule has 0 aliphatic carbocycles. The molecule has 1 amide bonds. The van der Waals surface area contributed by atoms with E-state index in [1.807, 2.05) is 0 Å². The maximum atomic E-state index is 12.2. The molecule has 2 heterocycles. The lowest BCUT2D eigenvalue weighted by Gasteiger charge is -2.18. The maximum Gasteiger partial charge on any atom is 0.267 e. The fourth-order valence-electron chi connectivity index (χ4n) is 1.68. The summed E-state index contributed by atoms with van der Waals surface area (Å²) in [7, 11) is 1.76. The minimum atomic E-state index is -0.0491. The zero-order valence-corrected chi connectivity index (χ0v) is 10.5. The lowest BCUT2D eigenvalue weighted by atomic mass is 10.3. The summed E-state index contributed by atoms with van der Waals surface area (Å²) < 4.78 is 5.32. The normalized spacial score (nSPS) is 16.6. The molecule has 6 nitrogen and oxygen atoms in total. The Hall–Kier alpha value is -1.34. The molecule has 1 fully saturated rings. The van der Waals surface area contributed by atoms with E-state index in [1.54, 1.807) is 11.9 Å². The van der Waals surface area contributed by atoms with Crippen molar-refractivity contribution in [1.82, 2.24) is 9.88 Å². The van der Waals surface area contributed by atoms with E-state index >= 15 is 0 Å². The quantitative estimate of drug-likeness (QED) is 0.811. The van der Waals surface area contributed by atoms with Gasteiger partial charge >= 0.3 is 0 Å². The molecule has 0 atom stereocenters. The summed E-state index contributed by atoms with van der Waals surface area (Å²) in [4.78, 5) is 18.6. The van der Waals surface area contributed by atoms with Crippen molar-refractivity contribution < 1.29 is 9.53 Å². The summed E-state index contributed by atoms with van der Waals surface area (Å²) in [5.41, 5.74) is 5.74. The Kier molecular flexibility index (Phi) is 3.80. The predicted molar refractivity (Wildman–Crippen MR) is 67.4 cm³/mol. The van der Waals surface area contributed by atoms with Crippen molar-refractivity contribution in [3.63, 3.8) is 0 Å². The monoisotopic (exact) mass is 256 g/mol. The predicted octanol–water partition coefficient (Wildman–Crippen LogP) is 0.629. The molecule has 0 unspecified atom stereocenters. The van der Waals surface area contributed by atoms with Gasteiger partial charge in [0.05, 0.1) is 6.61 Å². The number of ether oxygens (including phenoxy) is 1. The molecule has 0 radical (unpaired) electrons. The molecule has 1 aliphatic rings. The number of carbonyl (C=O) groups is 1. The van der Waals surface area contributed by atoms with Crippen LogP contribution in [0, 0.1) is 0 Å². The Morgan fingerprint density at radius 3 is 3.06 bits per heavy atom. The zero-order chi connectivity index (χ0) is 12.3. The average molecular weight is 256 g/mol. The Balaban J connectivity index is 2.14. The zero-order valence-electron chi connectivity index (χ0n) is 9.73. The molecule has 1 saturated heterocycles. The van der Waals surface area contributed by atoms with Gasteiger partial charge in [0.15, 0.2) is 5.13 Å². The number of nitrogens with zero attached hydrogens (tertiary/aromatic N) is 2. The molecular formula is C10H16N4O2S. The number of hydrogen-bond acceptors (Lipinski definition) is 6. The van der Waals surface area contributed by atoms with Crippen molar-refractivity contribution in [2.24, 2.45) is 0 Å². The van der Waals surface area contributed by atoms with Crippen molar-refractivity contribution >= 4 is 28.2 Å². The van der Waals surface area contributed by atoms with E-state index in [1.165, 1.54) is 11.3 Å². The number of nitrogens with two attached hydrogens (primary N) is 1. The molecule has 1 aromatic rings. The Morgan fingerprint density at radius 2 is 2.35 bits per heavy atom. The van der Waals surface area contributed by atoms with Crippen molar-refractivity contribution in [1.29, 1.82) is 0 Å². The summed E-state index contributed by atoms with van der Waals surface area (Å²) in [5.74, 6) is 0.251. The number of anilines is 2. The van der Waals surface area contributed by atoms with Gasteiger partial charge in [-0.1, -0.05) is 11.3 Å². The van der Waals surface area contributed by atoms with E-state index in [0.717, 1.165) is 6.42 Å². The molecule has 3 N–H and O–H groups in total. The lowest BCUT2D eigenvalue weighted by Crippen LogP contribution is -2.33. The van der Waals surface area contributed by atoms with Gasteiger partial charge in [-0.3, -0.25) is 4.79 Å². The standard InChI is InChI=1S/C10H16N4O2S/c1-12-10-13-8(11)7(17-10)9(15)14-3-2-5-16-6-4-14/h2-6,11H2,1H3,(H,12,13). The summed E-state index contributed by atoms with van der Waals surface area (Å²) >= 11 is 1.29. The van der Waals surface area contributed by atoms with Crippen LogP contribution in [0.15, 0.2) is 0 Å². The van der Waals surface area contributed by atoms with E-state index in [0.29, 0.717) is 42.1 Å². The van der Waals surface area contributed by atoms with Gasteiger partial charge in [0.2, 0.25) is 0 Å². The average Bonchev–Trinajstić information content (AvgIpc) is 2.56. The number of amides is 1. The maximum absolute atomic E-state index is 12.2. The second-order valence-electron chi connectivity index (χ2n) is 3.74. The van der Waals surface area contributed by atoms with Crippen LogP contribution in [0.25, 0.3) is 0 Å². The van der Waals surface area contributed by atoms with Gasteiger partial charge in [-0.2, -0.15) is 0 Å². The summed E-state index contributed by atoms with van der Waals surface area (Å²) in [6.07, 6.45) is 0.864. The van der Waals surface area contributed by atoms with Crippen LogP contribution in [0.2, 0.25) is 0 Å². The summed E-state index contributed by atoms with van der Waals surface area (Å²) in [5, 5.41) is 3.55. The first-order valence-corrected chi connectivity index (χ1v) is 6.35. The number of hydrogen-bond donors (Lipinski definition) is 2. The molecule has 2 rings (SSSR count). The second-order valence-corrected chi connectivity index (χ2v) is 4.74. The second kappa shape index (κ2) is 5.33.